The molecule has 3 aliphatic rings. The van der Waals surface area contributed by atoms with Crippen LogP contribution in [0.1, 0.15) is 31.2 Å². The molecule has 0 spiro atoms. The summed E-state index contributed by atoms with van der Waals surface area (Å²) in [5.41, 5.74) is 0.937. The fourth-order valence-electron chi connectivity index (χ4n) is 5.12. The summed E-state index contributed by atoms with van der Waals surface area (Å²) in [7, 11) is 0. The van der Waals surface area contributed by atoms with E-state index in [9.17, 15) is 9.18 Å². The summed E-state index contributed by atoms with van der Waals surface area (Å²) in [6, 6.07) is 7.71. The molecule has 33 heavy (non-hydrogen) atoms. The van der Waals surface area contributed by atoms with Crippen LogP contribution in [0.4, 0.5) is 10.3 Å². The molecule has 2 saturated heterocycles. The molecule has 6 nitrogen and oxygen atoms in total. The first kappa shape index (κ1) is 22.4. The van der Waals surface area contributed by atoms with E-state index < -0.39 is 6.17 Å². The second-order valence-corrected chi connectivity index (χ2v) is 9.98. The fraction of sp³-hybridized carbons (Fsp3) is 0.560. The minimum absolute atomic E-state index is 0.0103. The minimum Gasteiger partial charge on any atom is -0.494 e. The second kappa shape index (κ2) is 9.84. The summed E-state index contributed by atoms with van der Waals surface area (Å²) in [5, 5.41) is 0.572. The van der Waals surface area contributed by atoms with Gasteiger partial charge in [-0.2, -0.15) is 0 Å². The molecule has 0 radical (unpaired) electrons. The number of benzene rings is 1. The number of anilines is 1. The van der Waals surface area contributed by atoms with Crippen molar-refractivity contribution in [3.8, 4) is 5.75 Å². The SMILES string of the molecule is O=C(Cc1ccc(OCC[C@@H]2C[C@@H]2C2CCN(c3ncc(Cl)cn3)CC2)cc1)N1CC(F)C1. The average molecular weight is 473 g/mol. The quantitative estimate of drug-likeness (QED) is 0.577. The lowest BCUT2D eigenvalue weighted by atomic mass is 9.90. The van der Waals surface area contributed by atoms with Crippen LogP contribution in [0, 0.1) is 17.8 Å². The lowest BCUT2D eigenvalue weighted by Gasteiger charge is -2.34. The first-order valence-electron chi connectivity index (χ1n) is 11.9. The number of aromatic nitrogens is 2. The van der Waals surface area contributed by atoms with Gasteiger partial charge in [0.2, 0.25) is 11.9 Å². The first-order chi connectivity index (χ1) is 16.0. The molecule has 0 unspecified atom stereocenters. The van der Waals surface area contributed by atoms with Crippen molar-refractivity contribution < 1.29 is 13.9 Å². The number of amides is 1. The van der Waals surface area contributed by atoms with E-state index in [1.165, 1.54) is 19.3 Å². The number of carbonyl (C=O) groups excluding carboxylic acids is 1. The number of nitrogens with zero attached hydrogens (tertiary/aromatic N) is 4. The molecule has 2 aromatic rings. The largest absolute Gasteiger partial charge is 0.494 e. The lowest BCUT2D eigenvalue weighted by molar-refractivity contribution is -0.137. The monoisotopic (exact) mass is 472 g/mol. The van der Waals surface area contributed by atoms with Crippen LogP contribution in [0.2, 0.25) is 5.02 Å². The number of carbonyl (C=O) groups is 1. The van der Waals surface area contributed by atoms with Gasteiger partial charge < -0.3 is 14.5 Å². The van der Waals surface area contributed by atoms with Crippen molar-refractivity contribution in [3.05, 3.63) is 47.2 Å². The van der Waals surface area contributed by atoms with Crippen LogP contribution in [0.3, 0.4) is 0 Å². The third kappa shape index (κ3) is 5.57. The van der Waals surface area contributed by atoms with Crippen LogP contribution in [0.5, 0.6) is 5.75 Å². The van der Waals surface area contributed by atoms with E-state index in [-0.39, 0.29) is 19.0 Å². The molecule has 8 heteroatoms. The van der Waals surface area contributed by atoms with Crippen LogP contribution in [0.15, 0.2) is 36.7 Å². The lowest BCUT2D eigenvalue weighted by Crippen LogP contribution is -2.51. The van der Waals surface area contributed by atoms with Crippen molar-refractivity contribution in [2.24, 2.45) is 17.8 Å². The van der Waals surface area contributed by atoms with Gasteiger partial charge in [0.15, 0.2) is 0 Å². The van der Waals surface area contributed by atoms with E-state index in [2.05, 4.69) is 14.9 Å². The summed E-state index contributed by atoms with van der Waals surface area (Å²) in [5.74, 6) is 3.98. The molecule has 1 aromatic heterocycles. The van der Waals surface area contributed by atoms with E-state index in [1.807, 2.05) is 24.3 Å². The van der Waals surface area contributed by atoms with Gasteiger partial charge in [0.25, 0.3) is 0 Å². The van der Waals surface area contributed by atoms with Crippen molar-refractivity contribution in [2.45, 2.75) is 38.3 Å². The Bertz CT molecular complexity index is 944. The Balaban J connectivity index is 0.991. The topological polar surface area (TPSA) is 58.6 Å². The predicted molar refractivity (Wildman–Crippen MR) is 125 cm³/mol. The molecule has 1 aromatic carbocycles. The predicted octanol–water partition coefficient (Wildman–Crippen LogP) is 4.17. The zero-order chi connectivity index (χ0) is 22.8. The van der Waals surface area contributed by atoms with E-state index in [0.717, 1.165) is 61.1 Å². The minimum atomic E-state index is -0.854. The summed E-state index contributed by atoms with van der Waals surface area (Å²) in [6.07, 6.45) is 7.57. The van der Waals surface area contributed by atoms with Gasteiger partial charge in [-0.25, -0.2) is 14.4 Å². The third-order valence-corrected chi connectivity index (χ3v) is 7.43. The maximum absolute atomic E-state index is 12.9. The molecular formula is C25H30ClFN4O2. The Morgan fingerprint density at radius 3 is 2.48 bits per heavy atom. The van der Waals surface area contributed by atoms with E-state index >= 15 is 0 Å². The smallest absolute Gasteiger partial charge is 0.227 e. The van der Waals surface area contributed by atoms with E-state index in [1.54, 1.807) is 17.3 Å². The highest BCUT2D eigenvalue weighted by Crippen LogP contribution is 2.49. The highest BCUT2D eigenvalue weighted by Gasteiger charge is 2.43. The highest BCUT2D eigenvalue weighted by molar-refractivity contribution is 6.30. The van der Waals surface area contributed by atoms with Gasteiger partial charge >= 0.3 is 0 Å². The Morgan fingerprint density at radius 2 is 1.82 bits per heavy atom. The summed E-state index contributed by atoms with van der Waals surface area (Å²) in [6.45, 7) is 3.21. The standard InChI is InChI=1S/C25H30ClFN4O2/c26-20-13-28-25(29-14-20)30-8-5-18(6-9-30)23-12-19(23)7-10-33-22-3-1-17(2-4-22)11-24(32)31-15-21(27)16-31/h1-4,13-14,18-19,21,23H,5-12,15-16H2/t19-,23-/m1/s1. The van der Waals surface area contributed by atoms with Crippen molar-refractivity contribution in [3.63, 3.8) is 0 Å². The molecule has 3 heterocycles. The Morgan fingerprint density at radius 1 is 1.12 bits per heavy atom. The van der Waals surface area contributed by atoms with Crippen LogP contribution in [-0.2, 0) is 11.2 Å². The zero-order valence-electron chi connectivity index (χ0n) is 18.7. The molecule has 1 aliphatic carbocycles. The normalized spacial score (nSPS) is 23.3. The van der Waals surface area contributed by atoms with Crippen LogP contribution in [-0.4, -0.2) is 59.7 Å². The number of hydrogen-bond acceptors (Lipinski definition) is 5. The summed E-state index contributed by atoms with van der Waals surface area (Å²) >= 11 is 5.89. The molecule has 1 saturated carbocycles. The molecular weight excluding hydrogens is 443 g/mol. The molecule has 5 rings (SSSR count). The number of piperidine rings is 1. The Kier molecular flexibility index (Phi) is 6.67. The van der Waals surface area contributed by atoms with Crippen molar-refractivity contribution in [1.82, 2.24) is 14.9 Å². The number of halogens is 2. The van der Waals surface area contributed by atoms with E-state index in [4.69, 9.17) is 16.3 Å². The first-order valence-corrected chi connectivity index (χ1v) is 12.3. The second-order valence-electron chi connectivity index (χ2n) is 9.54. The summed E-state index contributed by atoms with van der Waals surface area (Å²) in [4.78, 5) is 24.6. The Labute approximate surface area is 199 Å². The van der Waals surface area contributed by atoms with Gasteiger partial charge in [0, 0.05) is 13.1 Å². The van der Waals surface area contributed by atoms with Crippen LogP contribution < -0.4 is 9.64 Å². The van der Waals surface area contributed by atoms with E-state index in [0.29, 0.717) is 11.4 Å². The number of likely N-dealkylation sites (tertiary alicyclic amines) is 1. The van der Waals surface area contributed by atoms with Gasteiger partial charge in [-0.05, 0) is 61.1 Å². The Hall–Kier alpha value is -2.41. The summed E-state index contributed by atoms with van der Waals surface area (Å²) < 4.78 is 18.8. The average Bonchev–Trinajstić information content (AvgIpc) is 3.58. The van der Waals surface area contributed by atoms with Gasteiger partial charge in [-0.15, -0.1) is 0 Å². The molecule has 0 bridgehead atoms. The molecule has 2 aliphatic heterocycles. The highest BCUT2D eigenvalue weighted by atomic mass is 35.5. The third-order valence-electron chi connectivity index (χ3n) is 7.24. The number of rotatable bonds is 8. The molecule has 3 fully saturated rings. The van der Waals surface area contributed by atoms with Gasteiger partial charge in [0.1, 0.15) is 11.9 Å². The zero-order valence-corrected chi connectivity index (χ0v) is 19.5. The van der Waals surface area contributed by atoms with Gasteiger partial charge in [-0.1, -0.05) is 23.7 Å². The van der Waals surface area contributed by atoms with Crippen molar-refractivity contribution >= 4 is 23.5 Å². The van der Waals surface area contributed by atoms with Crippen molar-refractivity contribution in [1.29, 1.82) is 0 Å². The maximum Gasteiger partial charge on any atom is 0.227 e. The molecule has 2 atom stereocenters. The number of ether oxygens (including phenoxy) is 1. The van der Waals surface area contributed by atoms with Crippen LogP contribution in [0.25, 0.3) is 0 Å². The maximum atomic E-state index is 12.9. The van der Waals surface area contributed by atoms with Gasteiger partial charge in [0.05, 0.1) is 43.5 Å². The molecule has 0 N–H and O–H groups in total. The number of hydrogen-bond donors (Lipinski definition) is 0. The van der Waals surface area contributed by atoms with Crippen LogP contribution >= 0.6 is 11.6 Å². The number of alkyl halides is 1. The fourth-order valence-corrected chi connectivity index (χ4v) is 5.22. The molecule has 1 amide bonds. The van der Waals surface area contributed by atoms with Gasteiger partial charge in [-0.3, -0.25) is 4.79 Å². The van der Waals surface area contributed by atoms with Crippen molar-refractivity contribution in [2.75, 3.05) is 37.7 Å². The molecule has 176 valence electrons.